The van der Waals surface area contributed by atoms with Gasteiger partial charge in [0.1, 0.15) is 0 Å². The van der Waals surface area contributed by atoms with Crippen LogP contribution in [0.2, 0.25) is 5.02 Å². The van der Waals surface area contributed by atoms with Crippen LogP contribution in [-0.4, -0.2) is 26.2 Å². The van der Waals surface area contributed by atoms with E-state index in [9.17, 15) is 4.79 Å². The lowest BCUT2D eigenvalue weighted by Gasteiger charge is -2.11. The number of esters is 1. The molecule has 1 aliphatic rings. The number of carbonyl (C=O) groups is 1. The minimum absolute atomic E-state index is 0.349. The Hall–Kier alpha value is -1.06. The number of benzene rings is 1. The molecule has 2 rings (SSSR count). The summed E-state index contributed by atoms with van der Waals surface area (Å²) in [7, 11) is 1.37. The molecule has 0 radical (unpaired) electrons. The fourth-order valence-corrected chi connectivity index (χ4v) is 2.36. The largest absolute Gasteiger partial charge is 0.465 e. The van der Waals surface area contributed by atoms with E-state index in [1.807, 2.05) is 6.07 Å². The lowest BCUT2D eigenvalue weighted by atomic mass is 9.97. The molecule has 1 aromatic carbocycles. The Morgan fingerprint density at radius 2 is 2.38 bits per heavy atom. The summed E-state index contributed by atoms with van der Waals surface area (Å²) in [5.74, 6) is 0.109. The van der Waals surface area contributed by atoms with Gasteiger partial charge in [-0.2, -0.15) is 0 Å². The number of halogens is 1. The molecule has 86 valence electrons. The minimum Gasteiger partial charge on any atom is -0.465 e. The number of nitrogens with one attached hydrogen (secondary N) is 1. The third-order valence-corrected chi connectivity index (χ3v) is 3.25. The second-order valence-corrected chi connectivity index (χ2v) is 4.32. The summed E-state index contributed by atoms with van der Waals surface area (Å²) in [6, 6.07) is 5.37. The van der Waals surface area contributed by atoms with Crippen molar-refractivity contribution >= 4 is 17.6 Å². The first-order valence-corrected chi connectivity index (χ1v) is 5.68. The number of hydrogen-bond donors (Lipinski definition) is 1. The molecule has 4 heteroatoms. The van der Waals surface area contributed by atoms with E-state index in [0.29, 0.717) is 16.5 Å². The van der Waals surface area contributed by atoms with Gasteiger partial charge in [-0.1, -0.05) is 17.7 Å². The zero-order chi connectivity index (χ0) is 11.5. The lowest BCUT2D eigenvalue weighted by molar-refractivity contribution is 0.0600. The molecule has 1 aliphatic heterocycles. The Kier molecular flexibility index (Phi) is 3.46. The van der Waals surface area contributed by atoms with E-state index in [-0.39, 0.29) is 5.97 Å². The number of ether oxygens (including phenoxy) is 1. The van der Waals surface area contributed by atoms with Crippen LogP contribution in [0.3, 0.4) is 0 Å². The van der Waals surface area contributed by atoms with Crippen molar-refractivity contribution in [2.24, 2.45) is 0 Å². The Morgan fingerprint density at radius 1 is 1.56 bits per heavy atom. The molecular formula is C12H14ClNO2. The highest BCUT2D eigenvalue weighted by atomic mass is 35.5. The van der Waals surface area contributed by atoms with Crippen LogP contribution >= 0.6 is 11.6 Å². The first kappa shape index (κ1) is 11.4. The second kappa shape index (κ2) is 4.85. The van der Waals surface area contributed by atoms with Gasteiger partial charge in [-0.3, -0.25) is 0 Å². The predicted molar refractivity (Wildman–Crippen MR) is 63.0 cm³/mol. The molecule has 0 aliphatic carbocycles. The van der Waals surface area contributed by atoms with E-state index in [1.54, 1.807) is 12.1 Å². The van der Waals surface area contributed by atoms with Crippen LogP contribution in [0.1, 0.15) is 28.3 Å². The first-order valence-electron chi connectivity index (χ1n) is 5.31. The fraction of sp³-hybridized carbons (Fsp3) is 0.417. The van der Waals surface area contributed by atoms with Gasteiger partial charge < -0.3 is 10.1 Å². The van der Waals surface area contributed by atoms with E-state index in [0.717, 1.165) is 25.1 Å². The smallest absolute Gasteiger partial charge is 0.337 e. The summed E-state index contributed by atoms with van der Waals surface area (Å²) in [4.78, 5) is 11.3. The predicted octanol–water partition coefficient (Wildman–Crippen LogP) is 2.20. The topological polar surface area (TPSA) is 38.3 Å². The van der Waals surface area contributed by atoms with E-state index in [1.165, 1.54) is 7.11 Å². The summed E-state index contributed by atoms with van der Waals surface area (Å²) in [6.07, 6.45) is 1.09. The van der Waals surface area contributed by atoms with Crippen LogP contribution in [0.25, 0.3) is 0 Å². The van der Waals surface area contributed by atoms with E-state index < -0.39 is 0 Å². The molecule has 0 saturated carbocycles. The molecule has 0 bridgehead atoms. The quantitative estimate of drug-likeness (QED) is 0.805. The van der Waals surface area contributed by atoms with Gasteiger partial charge in [-0.25, -0.2) is 4.79 Å². The van der Waals surface area contributed by atoms with Gasteiger partial charge in [-0.15, -0.1) is 0 Å². The molecule has 0 amide bonds. The molecule has 3 nitrogen and oxygen atoms in total. The average molecular weight is 240 g/mol. The summed E-state index contributed by atoms with van der Waals surface area (Å²) in [6.45, 7) is 1.98. The molecule has 1 atom stereocenters. The molecule has 16 heavy (non-hydrogen) atoms. The van der Waals surface area contributed by atoms with Crippen molar-refractivity contribution < 1.29 is 9.53 Å². The summed E-state index contributed by atoms with van der Waals surface area (Å²) in [5.41, 5.74) is 1.61. The van der Waals surface area contributed by atoms with Crippen molar-refractivity contribution in [2.75, 3.05) is 20.2 Å². The van der Waals surface area contributed by atoms with Crippen molar-refractivity contribution in [3.05, 3.63) is 34.3 Å². The average Bonchev–Trinajstić information content (AvgIpc) is 2.81. The molecule has 1 N–H and O–H groups in total. The molecule has 1 aromatic rings. The third-order valence-electron chi connectivity index (χ3n) is 2.92. The highest BCUT2D eigenvalue weighted by molar-refractivity contribution is 6.31. The van der Waals surface area contributed by atoms with Crippen molar-refractivity contribution in [1.82, 2.24) is 5.32 Å². The molecular weight excluding hydrogens is 226 g/mol. The van der Waals surface area contributed by atoms with Crippen LogP contribution in [0, 0.1) is 0 Å². The van der Waals surface area contributed by atoms with Crippen LogP contribution < -0.4 is 5.32 Å². The number of hydrogen-bond acceptors (Lipinski definition) is 3. The van der Waals surface area contributed by atoms with Gasteiger partial charge in [0.2, 0.25) is 0 Å². The maximum absolute atomic E-state index is 11.3. The maximum Gasteiger partial charge on any atom is 0.337 e. The first-order chi connectivity index (χ1) is 7.72. The molecule has 0 aromatic heterocycles. The van der Waals surface area contributed by atoms with E-state index in [2.05, 4.69) is 10.1 Å². The monoisotopic (exact) mass is 239 g/mol. The Morgan fingerprint density at radius 3 is 2.94 bits per heavy atom. The van der Waals surface area contributed by atoms with E-state index in [4.69, 9.17) is 11.6 Å². The third kappa shape index (κ3) is 2.20. The molecule has 1 saturated heterocycles. The molecule has 0 spiro atoms. The number of methoxy groups -OCH3 is 1. The van der Waals surface area contributed by atoms with Gasteiger partial charge >= 0.3 is 5.97 Å². The highest BCUT2D eigenvalue weighted by Gasteiger charge is 2.20. The Bertz CT molecular complexity index is 400. The normalized spacial score (nSPS) is 19.8. The van der Waals surface area contributed by atoms with Crippen molar-refractivity contribution in [2.45, 2.75) is 12.3 Å². The van der Waals surface area contributed by atoms with Crippen LogP contribution in [0.15, 0.2) is 18.2 Å². The van der Waals surface area contributed by atoms with Crippen LogP contribution in [0.4, 0.5) is 0 Å². The summed E-state index contributed by atoms with van der Waals surface area (Å²) >= 11 is 6.17. The zero-order valence-corrected chi connectivity index (χ0v) is 9.88. The minimum atomic E-state index is -0.349. The Balaban J connectivity index is 2.25. The van der Waals surface area contributed by atoms with Gasteiger partial charge in [0.05, 0.1) is 12.7 Å². The van der Waals surface area contributed by atoms with Crippen molar-refractivity contribution in [1.29, 1.82) is 0 Å². The maximum atomic E-state index is 11.3. The van der Waals surface area contributed by atoms with Gasteiger partial charge in [0, 0.05) is 11.6 Å². The molecule has 1 fully saturated rings. The van der Waals surface area contributed by atoms with Gasteiger partial charge in [0.15, 0.2) is 0 Å². The summed E-state index contributed by atoms with van der Waals surface area (Å²) < 4.78 is 4.65. The Labute approximate surface area is 99.7 Å². The standard InChI is InChI=1S/C12H14ClNO2/c1-16-12(15)8-2-3-10(11(13)6-8)9-4-5-14-7-9/h2-3,6,9,14H,4-5,7H2,1H3. The number of carbonyl (C=O) groups excluding carboxylic acids is 1. The van der Waals surface area contributed by atoms with Crippen molar-refractivity contribution in [3.63, 3.8) is 0 Å². The van der Waals surface area contributed by atoms with Crippen molar-refractivity contribution in [3.8, 4) is 0 Å². The molecule has 1 unspecified atom stereocenters. The van der Waals surface area contributed by atoms with Crippen LogP contribution in [0.5, 0.6) is 0 Å². The SMILES string of the molecule is COC(=O)c1ccc(C2CCNC2)c(Cl)c1. The molecule has 1 heterocycles. The number of rotatable bonds is 2. The van der Waals surface area contributed by atoms with Crippen LogP contribution in [-0.2, 0) is 4.74 Å². The zero-order valence-electron chi connectivity index (χ0n) is 9.13. The second-order valence-electron chi connectivity index (χ2n) is 3.92. The van der Waals surface area contributed by atoms with E-state index >= 15 is 0 Å². The van der Waals surface area contributed by atoms with Gasteiger partial charge in [0.25, 0.3) is 0 Å². The lowest BCUT2D eigenvalue weighted by Crippen LogP contribution is -2.09. The summed E-state index contributed by atoms with van der Waals surface area (Å²) in [5, 5.41) is 3.95. The fourth-order valence-electron chi connectivity index (χ4n) is 2.02. The van der Waals surface area contributed by atoms with Gasteiger partial charge in [-0.05, 0) is 36.6 Å². The highest BCUT2D eigenvalue weighted by Crippen LogP contribution is 2.29.